The van der Waals surface area contributed by atoms with Gasteiger partial charge in [0.15, 0.2) is 5.76 Å². The molecule has 0 bridgehead atoms. The van der Waals surface area contributed by atoms with Crippen molar-refractivity contribution in [3.63, 3.8) is 0 Å². The van der Waals surface area contributed by atoms with E-state index in [2.05, 4.69) is 26.5 Å². The Balaban J connectivity index is 1.28. The number of benzene rings is 1. The Hall–Kier alpha value is -4.10. The number of amides is 1. The van der Waals surface area contributed by atoms with Gasteiger partial charge in [0, 0.05) is 24.0 Å². The summed E-state index contributed by atoms with van der Waals surface area (Å²) in [6, 6.07) is 10.7. The van der Waals surface area contributed by atoms with Crippen molar-refractivity contribution in [2.45, 2.75) is 12.8 Å². The average molecular weight is 464 g/mol. The lowest BCUT2D eigenvalue weighted by molar-refractivity contribution is -0.120. The normalized spacial score (nSPS) is 14.2. The summed E-state index contributed by atoms with van der Waals surface area (Å²) in [5.41, 5.74) is 1.43. The Labute approximate surface area is 193 Å². The molecular formula is C22H18ClN7O3. The molecule has 0 atom stereocenters. The number of carbonyl (C=O) groups is 1. The molecule has 0 aliphatic carbocycles. The van der Waals surface area contributed by atoms with E-state index in [9.17, 15) is 10.1 Å². The zero-order valence-corrected chi connectivity index (χ0v) is 18.1. The Morgan fingerprint density at radius 2 is 2.12 bits per heavy atom. The third-order valence-corrected chi connectivity index (χ3v) is 5.72. The van der Waals surface area contributed by atoms with Crippen molar-refractivity contribution in [1.82, 2.24) is 19.7 Å². The molecule has 0 radical (unpaired) electrons. The van der Waals surface area contributed by atoms with Gasteiger partial charge in [-0.15, -0.1) is 0 Å². The maximum Gasteiger partial charge on any atom is 0.266 e. The number of furan rings is 1. The molecule has 0 spiro atoms. The van der Waals surface area contributed by atoms with Crippen molar-refractivity contribution >= 4 is 29.1 Å². The molecule has 1 aliphatic heterocycles. The molecule has 0 saturated carbocycles. The fourth-order valence-electron chi connectivity index (χ4n) is 3.83. The average Bonchev–Trinajstić information content (AvgIpc) is 3.61. The van der Waals surface area contributed by atoms with Gasteiger partial charge in [-0.3, -0.25) is 4.79 Å². The van der Waals surface area contributed by atoms with Crippen molar-refractivity contribution < 1.29 is 13.6 Å². The largest absolute Gasteiger partial charge is 0.459 e. The molecule has 1 aromatic carbocycles. The van der Waals surface area contributed by atoms with Crippen molar-refractivity contribution in [2.24, 2.45) is 5.92 Å². The lowest BCUT2D eigenvalue weighted by atomic mass is 9.95. The number of piperidine rings is 1. The van der Waals surface area contributed by atoms with Gasteiger partial charge in [-0.1, -0.05) is 11.6 Å². The van der Waals surface area contributed by atoms with Crippen LogP contribution in [0.3, 0.4) is 0 Å². The molecular weight excluding hydrogens is 446 g/mol. The highest BCUT2D eigenvalue weighted by molar-refractivity contribution is 6.31. The zero-order valence-electron chi connectivity index (χ0n) is 17.3. The highest BCUT2D eigenvalue weighted by Gasteiger charge is 2.29. The molecule has 10 nitrogen and oxygen atoms in total. The monoisotopic (exact) mass is 463 g/mol. The maximum absolute atomic E-state index is 13.0. The van der Waals surface area contributed by atoms with E-state index in [1.165, 1.54) is 12.6 Å². The lowest BCUT2D eigenvalue weighted by Crippen LogP contribution is -2.38. The predicted octanol–water partition coefficient (Wildman–Crippen LogP) is 3.90. The third-order valence-electron chi connectivity index (χ3n) is 5.48. The number of nitriles is 1. The van der Waals surface area contributed by atoms with Gasteiger partial charge in [-0.25, -0.2) is 9.67 Å². The number of hydrogen-bond donors (Lipinski definition) is 1. The van der Waals surface area contributed by atoms with Crippen LogP contribution in [0.5, 0.6) is 0 Å². The topological polar surface area (TPSA) is 126 Å². The van der Waals surface area contributed by atoms with Crippen molar-refractivity contribution in [2.75, 3.05) is 23.3 Å². The quantitative estimate of drug-likeness (QED) is 0.472. The van der Waals surface area contributed by atoms with Crippen LogP contribution in [0.2, 0.25) is 5.02 Å². The minimum atomic E-state index is -0.207. The molecule has 3 aromatic heterocycles. The van der Waals surface area contributed by atoms with Crippen LogP contribution in [0.4, 0.5) is 11.6 Å². The molecule has 166 valence electrons. The Bertz CT molecular complexity index is 1300. The van der Waals surface area contributed by atoms with E-state index in [0.29, 0.717) is 54.0 Å². The van der Waals surface area contributed by atoms with E-state index in [4.69, 9.17) is 20.4 Å². The molecule has 1 amide bonds. The number of rotatable bonds is 5. The van der Waals surface area contributed by atoms with Crippen molar-refractivity contribution in [1.29, 1.82) is 5.26 Å². The summed E-state index contributed by atoms with van der Waals surface area (Å²) in [6.45, 7) is 1.09. The SMILES string of the molecule is N#Cc1nc(-c2ccco2)oc1N1CCC(C(=O)Nc2cc(Cl)ccc2-n2cncn2)CC1. The van der Waals surface area contributed by atoms with Crippen LogP contribution in [0.25, 0.3) is 17.3 Å². The van der Waals surface area contributed by atoms with E-state index >= 15 is 0 Å². The minimum Gasteiger partial charge on any atom is -0.459 e. The molecule has 0 unspecified atom stereocenters. The first-order valence-corrected chi connectivity index (χ1v) is 10.7. The number of hydrogen-bond acceptors (Lipinski definition) is 8. The van der Waals surface area contributed by atoms with E-state index in [0.717, 1.165) is 0 Å². The molecule has 11 heteroatoms. The van der Waals surface area contributed by atoms with Crippen molar-refractivity contribution in [3.8, 4) is 23.4 Å². The van der Waals surface area contributed by atoms with Crippen LogP contribution in [0, 0.1) is 17.2 Å². The summed E-state index contributed by atoms with van der Waals surface area (Å²) in [6.07, 6.45) is 5.67. The molecule has 1 saturated heterocycles. The number of nitrogens with one attached hydrogen (secondary N) is 1. The van der Waals surface area contributed by atoms with Crippen LogP contribution in [0.15, 0.2) is 58.1 Å². The summed E-state index contributed by atoms with van der Waals surface area (Å²) in [4.78, 5) is 23.1. The fraction of sp³-hybridized carbons (Fsp3) is 0.227. The standard InChI is InChI=1S/C22H18ClN7O3/c23-15-3-4-18(30-13-25-12-26-30)16(10-15)27-20(31)14-5-7-29(8-6-14)22-17(11-24)28-21(33-22)19-2-1-9-32-19/h1-4,9-10,12-14H,5-8H2,(H,27,31). The van der Waals surface area contributed by atoms with Gasteiger partial charge in [-0.05, 0) is 43.2 Å². The second-order valence-corrected chi connectivity index (χ2v) is 7.95. The molecule has 1 N–H and O–H groups in total. The first-order valence-electron chi connectivity index (χ1n) is 10.3. The van der Waals surface area contributed by atoms with Crippen LogP contribution in [0.1, 0.15) is 18.5 Å². The first kappa shape index (κ1) is 20.8. The van der Waals surface area contributed by atoms with Gasteiger partial charge in [0.2, 0.25) is 17.5 Å². The summed E-state index contributed by atoms with van der Waals surface area (Å²) >= 11 is 6.15. The molecule has 33 heavy (non-hydrogen) atoms. The Morgan fingerprint density at radius 1 is 1.27 bits per heavy atom. The second-order valence-electron chi connectivity index (χ2n) is 7.51. The van der Waals surface area contributed by atoms with Gasteiger partial charge >= 0.3 is 0 Å². The summed E-state index contributed by atoms with van der Waals surface area (Å²) in [5.74, 6) is 0.797. The van der Waals surface area contributed by atoms with Crippen LogP contribution < -0.4 is 10.2 Å². The highest BCUT2D eigenvalue weighted by atomic mass is 35.5. The third kappa shape index (κ3) is 4.18. The number of carbonyl (C=O) groups excluding carboxylic acids is 1. The smallest absolute Gasteiger partial charge is 0.266 e. The molecule has 1 fully saturated rings. The highest BCUT2D eigenvalue weighted by Crippen LogP contribution is 2.32. The summed E-state index contributed by atoms with van der Waals surface area (Å²) in [7, 11) is 0. The number of oxazole rings is 1. The van der Waals surface area contributed by atoms with Gasteiger partial charge in [0.05, 0.1) is 17.6 Å². The maximum atomic E-state index is 13.0. The molecule has 5 rings (SSSR count). The number of halogens is 1. The fourth-order valence-corrected chi connectivity index (χ4v) is 4.00. The molecule has 4 heterocycles. The van der Waals surface area contributed by atoms with Gasteiger partial charge in [-0.2, -0.15) is 15.3 Å². The van der Waals surface area contributed by atoms with Gasteiger partial charge in [0.25, 0.3) is 5.89 Å². The van der Waals surface area contributed by atoms with Crippen molar-refractivity contribution in [3.05, 3.63) is 60.0 Å². The number of aromatic nitrogens is 4. The number of anilines is 2. The second kappa shape index (κ2) is 8.80. The summed E-state index contributed by atoms with van der Waals surface area (Å²) in [5, 5.41) is 17.1. The molecule has 1 aliphatic rings. The van der Waals surface area contributed by atoms with E-state index < -0.39 is 0 Å². The Morgan fingerprint density at radius 3 is 2.82 bits per heavy atom. The first-order chi connectivity index (χ1) is 16.1. The zero-order chi connectivity index (χ0) is 22.8. The lowest BCUT2D eigenvalue weighted by Gasteiger charge is -2.31. The predicted molar refractivity (Wildman–Crippen MR) is 119 cm³/mol. The van der Waals surface area contributed by atoms with Crippen LogP contribution in [-0.4, -0.2) is 38.7 Å². The van der Waals surface area contributed by atoms with Gasteiger partial charge in [0.1, 0.15) is 18.7 Å². The van der Waals surface area contributed by atoms with E-state index in [-0.39, 0.29) is 23.4 Å². The Kier molecular flexibility index (Phi) is 5.54. The molecule has 4 aromatic rings. The van der Waals surface area contributed by atoms with Crippen LogP contribution in [-0.2, 0) is 4.79 Å². The minimum absolute atomic E-state index is 0.104. The van der Waals surface area contributed by atoms with E-state index in [1.54, 1.807) is 41.3 Å². The summed E-state index contributed by atoms with van der Waals surface area (Å²) < 4.78 is 12.7. The van der Waals surface area contributed by atoms with Crippen LogP contribution >= 0.6 is 11.6 Å². The van der Waals surface area contributed by atoms with E-state index in [1.807, 2.05) is 4.90 Å². The van der Waals surface area contributed by atoms with Gasteiger partial charge < -0.3 is 19.1 Å². The number of nitrogens with zero attached hydrogens (tertiary/aromatic N) is 6.